The standard InChI is InChI=1S/C20H25N3O2/c1-23-10-8-15-4-5-17(13-16(15)9-11-23)22-20(25)19(21)12-14-2-6-18(24)7-3-14/h2-7,13,19,24H,8-12,21H2,1H3,(H,22,25). The molecule has 0 saturated heterocycles. The fourth-order valence-electron chi connectivity index (χ4n) is 3.13. The van der Waals surface area contributed by atoms with E-state index in [1.807, 2.05) is 6.07 Å². The first kappa shape index (κ1) is 17.5. The highest BCUT2D eigenvalue weighted by Gasteiger charge is 2.16. The van der Waals surface area contributed by atoms with Gasteiger partial charge in [-0.05, 0) is 67.3 Å². The number of fused-ring (bicyclic) bond motifs is 1. The van der Waals surface area contributed by atoms with Crippen molar-refractivity contribution in [1.82, 2.24) is 4.90 Å². The number of benzene rings is 2. The lowest BCUT2D eigenvalue weighted by molar-refractivity contribution is -0.117. The second-order valence-electron chi connectivity index (χ2n) is 6.75. The molecule has 1 heterocycles. The molecule has 5 nitrogen and oxygen atoms in total. The van der Waals surface area contributed by atoms with Crippen molar-refractivity contribution < 1.29 is 9.90 Å². The molecule has 1 amide bonds. The second-order valence-corrected chi connectivity index (χ2v) is 6.75. The molecule has 1 atom stereocenters. The molecular formula is C20H25N3O2. The Labute approximate surface area is 148 Å². The Kier molecular flexibility index (Phi) is 5.36. The van der Waals surface area contributed by atoms with E-state index in [2.05, 4.69) is 29.4 Å². The molecule has 4 N–H and O–H groups in total. The van der Waals surface area contributed by atoms with Crippen molar-refractivity contribution in [3.05, 3.63) is 59.2 Å². The molecule has 3 rings (SSSR count). The van der Waals surface area contributed by atoms with Crippen molar-refractivity contribution in [2.45, 2.75) is 25.3 Å². The van der Waals surface area contributed by atoms with Gasteiger partial charge in [0, 0.05) is 18.8 Å². The summed E-state index contributed by atoms with van der Waals surface area (Å²) in [5, 5.41) is 12.2. The zero-order valence-electron chi connectivity index (χ0n) is 14.5. The van der Waals surface area contributed by atoms with Crippen molar-refractivity contribution in [2.24, 2.45) is 5.73 Å². The smallest absolute Gasteiger partial charge is 0.241 e. The first-order valence-corrected chi connectivity index (χ1v) is 8.66. The third-order valence-corrected chi connectivity index (χ3v) is 4.73. The van der Waals surface area contributed by atoms with Crippen LogP contribution in [0, 0.1) is 0 Å². The maximum Gasteiger partial charge on any atom is 0.241 e. The molecule has 0 spiro atoms. The highest BCUT2D eigenvalue weighted by molar-refractivity contribution is 5.95. The van der Waals surface area contributed by atoms with Gasteiger partial charge in [-0.25, -0.2) is 0 Å². The van der Waals surface area contributed by atoms with Gasteiger partial charge in [0.05, 0.1) is 6.04 Å². The van der Waals surface area contributed by atoms with E-state index in [9.17, 15) is 9.90 Å². The quantitative estimate of drug-likeness (QED) is 0.795. The van der Waals surface area contributed by atoms with Crippen molar-refractivity contribution >= 4 is 11.6 Å². The van der Waals surface area contributed by atoms with Gasteiger partial charge in [0.2, 0.25) is 5.91 Å². The zero-order chi connectivity index (χ0) is 17.8. The van der Waals surface area contributed by atoms with Crippen molar-refractivity contribution in [3.8, 4) is 5.75 Å². The minimum absolute atomic E-state index is 0.196. The SMILES string of the molecule is CN1CCc2ccc(NC(=O)C(N)Cc3ccc(O)cc3)cc2CC1. The van der Waals surface area contributed by atoms with Crippen LogP contribution in [0.4, 0.5) is 5.69 Å². The summed E-state index contributed by atoms with van der Waals surface area (Å²) in [5.41, 5.74) is 10.4. The molecule has 0 fully saturated rings. The molecule has 0 aromatic heterocycles. The number of hydrogen-bond donors (Lipinski definition) is 3. The van der Waals surface area contributed by atoms with E-state index in [4.69, 9.17) is 5.73 Å². The number of likely N-dealkylation sites (N-methyl/N-ethyl adjacent to an activating group) is 1. The van der Waals surface area contributed by atoms with Gasteiger partial charge in [-0.3, -0.25) is 4.79 Å². The Morgan fingerprint density at radius 2 is 1.84 bits per heavy atom. The number of hydrogen-bond acceptors (Lipinski definition) is 4. The minimum Gasteiger partial charge on any atom is -0.508 e. The average Bonchev–Trinajstić information content (AvgIpc) is 2.78. The Bertz CT molecular complexity index is 743. The number of anilines is 1. The number of rotatable bonds is 4. The maximum atomic E-state index is 12.4. The number of phenolic OH excluding ortho intramolecular Hbond substituents is 1. The number of nitrogens with two attached hydrogens (primary N) is 1. The van der Waals surface area contributed by atoms with E-state index in [-0.39, 0.29) is 11.7 Å². The van der Waals surface area contributed by atoms with Crippen LogP contribution < -0.4 is 11.1 Å². The van der Waals surface area contributed by atoms with Crippen molar-refractivity contribution in [2.75, 3.05) is 25.5 Å². The van der Waals surface area contributed by atoms with Crippen LogP contribution in [-0.4, -0.2) is 42.1 Å². The Hall–Kier alpha value is -2.37. The molecule has 2 aromatic rings. The molecule has 2 aromatic carbocycles. The highest BCUT2D eigenvalue weighted by atomic mass is 16.3. The first-order valence-electron chi connectivity index (χ1n) is 8.66. The summed E-state index contributed by atoms with van der Waals surface area (Å²) in [7, 11) is 2.14. The summed E-state index contributed by atoms with van der Waals surface area (Å²) in [6.45, 7) is 2.10. The van der Waals surface area contributed by atoms with E-state index >= 15 is 0 Å². The molecule has 1 aliphatic rings. The number of phenols is 1. The van der Waals surface area contributed by atoms with Gasteiger partial charge < -0.3 is 21.1 Å². The lowest BCUT2D eigenvalue weighted by atomic mass is 10.0. The lowest BCUT2D eigenvalue weighted by Crippen LogP contribution is -2.37. The van der Waals surface area contributed by atoms with Crippen LogP contribution >= 0.6 is 0 Å². The average molecular weight is 339 g/mol. The summed E-state index contributed by atoms with van der Waals surface area (Å²) in [6.07, 6.45) is 2.47. The molecular weight excluding hydrogens is 314 g/mol. The molecule has 1 aliphatic heterocycles. The van der Waals surface area contributed by atoms with Gasteiger partial charge in [0.1, 0.15) is 5.75 Å². The number of aromatic hydroxyl groups is 1. The molecule has 132 valence electrons. The van der Waals surface area contributed by atoms with Gasteiger partial charge >= 0.3 is 0 Å². The van der Waals surface area contributed by atoms with E-state index in [1.54, 1.807) is 24.3 Å². The fourth-order valence-corrected chi connectivity index (χ4v) is 3.13. The summed E-state index contributed by atoms with van der Waals surface area (Å²) >= 11 is 0. The molecule has 1 unspecified atom stereocenters. The van der Waals surface area contributed by atoms with Crippen LogP contribution in [0.5, 0.6) is 5.75 Å². The van der Waals surface area contributed by atoms with E-state index in [0.717, 1.165) is 37.2 Å². The molecule has 25 heavy (non-hydrogen) atoms. The topological polar surface area (TPSA) is 78.6 Å². The summed E-state index contributed by atoms with van der Waals surface area (Å²) in [5.74, 6) is 0.0103. The molecule has 5 heteroatoms. The van der Waals surface area contributed by atoms with E-state index in [1.165, 1.54) is 11.1 Å². The van der Waals surface area contributed by atoms with Crippen LogP contribution in [0.25, 0.3) is 0 Å². The van der Waals surface area contributed by atoms with Gasteiger partial charge in [0.15, 0.2) is 0 Å². The molecule has 0 saturated carbocycles. The Morgan fingerprint density at radius 3 is 2.56 bits per heavy atom. The fraction of sp³-hybridized carbons (Fsp3) is 0.350. The summed E-state index contributed by atoms with van der Waals surface area (Å²) < 4.78 is 0. The number of carbonyl (C=O) groups excluding carboxylic acids is 1. The highest BCUT2D eigenvalue weighted by Crippen LogP contribution is 2.20. The van der Waals surface area contributed by atoms with Crippen molar-refractivity contribution in [3.63, 3.8) is 0 Å². The Balaban J connectivity index is 1.63. The normalized spacial score (nSPS) is 15.9. The van der Waals surface area contributed by atoms with Gasteiger partial charge in [-0.15, -0.1) is 0 Å². The van der Waals surface area contributed by atoms with Crippen LogP contribution in [-0.2, 0) is 24.1 Å². The molecule has 0 aliphatic carbocycles. The van der Waals surface area contributed by atoms with Crippen LogP contribution in [0.1, 0.15) is 16.7 Å². The lowest BCUT2D eigenvalue weighted by Gasteiger charge is -2.14. The largest absolute Gasteiger partial charge is 0.508 e. The summed E-state index contributed by atoms with van der Waals surface area (Å²) in [4.78, 5) is 14.7. The number of nitrogens with zero attached hydrogens (tertiary/aromatic N) is 1. The number of amides is 1. The van der Waals surface area contributed by atoms with Crippen LogP contribution in [0.2, 0.25) is 0 Å². The van der Waals surface area contributed by atoms with E-state index in [0.29, 0.717) is 6.42 Å². The third kappa shape index (κ3) is 4.59. The molecule has 0 bridgehead atoms. The van der Waals surface area contributed by atoms with Crippen LogP contribution in [0.3, 0.4) is 0 Å². The molecule has 0 radical (unpaired) electrons. The van der Waals surface area contributed by atoms with Gasteiger partial charge in [-0.1, -0.05) is 18.2 Å². The van der Waals surface area contributed by atoms with Crippen molar-refractivity contribution in [1.29, 1.82) is 0 Å². The maximum absolute atomic E-state index is 12.4. The minimum atomic E-state index is -0.630. The van der Waals surface area contributed by atoms with Gasteiger partial charge in [-0.2, -0.15) is 0 Å². The Morgan fingerprint density at radius 1 is 1.16 bits per heavy atom. The summed E-state index contributed by atoms with van der Waals surface area (Å²) in [6, 6.07) is 12.3. The number of nitrogens with one attached hydrogen (secondary N) is 1. The first-order chi connectivity index (χ1) is 12.0. The second kappa shape index (κ2) is 7.68. The zero-order valence-corrected chi connectivity index (χ0v) is 14.5. The van der Waals surface area contributed by atoms with E-state index < -0.39 is 6.04 Å². The number of carbonyl (C=O) groups is 1. The monoisotopic (exact) mass is 339 g/mol. The van der Waals surface area contributed by atoms with Gasteiger partial charge in [0.25, 0.3) is 0 Å². The predicted octanol–water partition coefficient (Wildman–Crippen LogP) is 1.93. The van der Waals surface area contributed by atoms with Crippen LogP contribution in [0.15, 0.2) is 42.5 Å². The predicted molar refractivity (Wildman–Crippen MR) is 99.8 cm³/mol. The third-order valence-electron chi connectivity index (χ3n) is 4.73.